The molecule has 1 heterocycles. The van der Waals surface area contributed by atoms with Gasteiger partial charge in [-0.3, -0.25) is 0 Å². The van der Waals surface area contributed by atoms with Gasteiger partial charge in [-0.1, -0.05) is 33.1 Å². The molecular formula is C15H30N2. The Kier molecular flexibility index (Phi) is 5.30. The molecular weight excluding hydrogens is 208 g/mol. The first-order chi connectivity index (χ1) is 8.24. The third kappa shape index (κ3) is 4.59. The van der Waals surface area contributed by atoms with Gasteiger partial charge in [0.25, 0.3) is 0 Å². The Morgan fingerprint density at radius 3 is 2.71 bits per heavy atom. The van der Waals surface area contributed by atoms with Gasteiger partial charge in [0.15, 0.2) is 0 Å². The fraction of sp³-hybridized carbons (Fsp3) is 1.00. The topological polar surface area (TPSA) is 15.3 Å². The van der Waals surface area contributed by atoms with Gasteiger partial charge < -0.3 is 10.2 Å². The molecule has 100 valence electrons. The van der Waals surface area contributed by atoms with E-state index >= 15 is 0 Å². The van der Waals surface area contributed by atoms with E-state index in [9.17, 15) is 0 Å². The monoisotopic (exact) mass is 238 g/mol. The van der Waals surface area contributed by atoms with Gasteiger partial charge in [-0.25, -0.2) is 0 Å². The normalized spacial score (nSPS) is 28.1. The lowest BCUT2D eigenvalue weighted by Gasteiger charge is -2.30. The van der Waals surface area contributed by atoms with Gasteiger partial charge in [0, 0.05) is 12.6 Å². The molecule has 0 spiro atoms. The lowest BCUT2D eigenvalue weighted by atomic mass is 9.83. The molecule has 0 amide bonds. The minimum atomic E-state index is 0.735. The SMILES string of the molecule is CC(C)CC1CN(CCC2CCC2)CCCN1. The summed E-state index contributed by atoms with van der Waals surface area (Å²) in [6, 6.07) is 0.735. The zero-order valence-electron chi connectivity index (χ0n) is 11.8. The number of hydrogen-bond donors (Lipinski definition) is 1. The van der Waals surface area contributed by atoms with Crippen LogP contribution < -0.4 is 5.32 Å². The fourth-order valence-electron chi connectivity index (χ4n) is 3.15. The van der Waals surface area contributed by atoms with Crippen molar-refractivity contribution in [3.05, 3.63) is 0 Å². The summed E-state index contributed by atoms with van der Waals surface area (Å²) < 4.78 is 0. The molecule has 2 fully saturated rings. The van der Waals surface area contributed by atoms with Crippen molar-refractivity contribution in [1.29, 1.82) is 0 Å². The number of hydrogen-bond acceptors (Lipinski definition) is 2. The first-order valence-electron chi connectivity index (χ1n) is 7.70. The van der Waals surface area contributed by atoms with Gasteiger partial charge >= 0.3 is 0 Å². The van der Waals surface area contributed by atoms with Gasteiger partial charge in [0.2, 0.25) is 0 Å². The van der Waals surface area contributed by atoms with Crippen molar-refractivity contribution in [1.82, 2.24) is 10.2 Å². The highest BCUT2D eigenvalue weighted by Crippen LogP contribution is 2.29. The maximum Gasteiger partial charge on any atom is 0.0197 e. The Morgan fingerprint density at radius 2 is 2.06 bits per heavy atom. The fourth-order valence-corrected chi connectivity index (χ4v) is 3.15. The van der Waals surface area contributed by atoms with Crippen LogP contribution in [0.25, 0.3) is 0 Å². The average molecular weight is 238 g/mol. The standard InChI is InChI=1S/C15H30N2/c1-13(2)11-15-12-17(9-4-8-16-15)10-7-14-5-3-6-14/h13-16H,3-12H2,1-2H3. The highest BCUT2D eigenvalue weighted by Gasteiger charge is 2.21. The average Bonchev–Trinajstić information content (AvgIpc) is 2.40. The molecule has 1 atom stereocenters. The summed E-state index contributed by atoms with van der Waals surface area (Å²) >= 11 is 0. The maximum atomic E-state index is 3.72. The predicted octanol–water partition coefficient (Wildman–Crippen LogP) is 2.89. The Morgan fingerprint density at radius 1 is 1.24 bits per heavy atom. The molecule has 1 unspecified atom stereocenters. The lowest BCUT2D eigenvalue weighted by molar-refractivity contribution is 0.206. The molecule has 0 aromatic carbocycles. The van der Waals surface area contributed by atoms with E-state index < -0.39 is 0 Å². The van der Waals surface area contributed by atoms with Gasteiger partial charge in [-0.2, -0.15) is 0 Å². The zero-order valence-corrected chi connectivity index (χ0v) is 11.8. The molecule has 2 aliphatic rings. The van der Waals surface area contributed by atoms with Crippen molar-refractivity contribution < 1.29 is 0 Å². The first kappa shape index (κ1) is 13.4. The molecule has 1 aliphatic heterocycles. The van der Waals surface area contributed by atoms with Crippen LogP contribution in [0.15, 0.2) is 0 Å². The quantitative estimate of drug-likeness (QED) is 0.792. The molecule has 1 saturated carbocycles. The minimum Gasteiger partial charge on any atom is -0.313 e. The second kappa shape index (κ2) is 6.75. The smallest absolute Gasteiger partial charge is 0.0197 e. The lowest BCUT2D eigenvalue weighted by Crippen LogP contribution is -2.39. The third-order valence-electron chi connectivity index (χ3n) is 4.40. The summed E-state index contributed by atoms with van der Waals surface area (Å²) in [4.78, 5) is 2.71. The number of rotatable bonds is 5. The van der Waals surface area contributed by atoms with Crippen molar-refractivity contribution in [3.63, 3.8) is 0 Å². The van der Waals surface area contributed by atoms with E-state index in [1.807, 2.05) is 0 Å². The van der Waals surface area contributed by atoms with Crippen molar-refractivity contribution in [2.45, 2.75) is 58.4 Å². The van der Waals surface area contributed by atoms with Crippen LogP contribution in [0.2, 0.25) is 0 Å². The second-order valence-electron chi connectivity index (χ2n) is 6.52. The van der Waals surface area contributed by atoms with E-state index in [4.69, 9.17) is 0 Å². The Hall–Kier alpha value is -0.0800. The Balaban J connectivity index is 1.71. The van der Waals surface area contributed by atoms with Crippen LogP contribution in [0, 0.1) is 11.8 Å². The van der Waals surface area contributed by atoms with Crippen molar-refractivity contribution in [2.75, 3.05) is 26.2 Å². The summed E-state index contributed by atoms with van der Waals surface area (Å²) in [5.74, 6) is 1.88. The predicted molar refractivity (Wildman–Crippen MR) is 74.3 cm³/mol. The van der Waals surface area contributed by atoms with Crippen LogP contribution >= 0.6 is 0 Å². The van der Waals surface area contributed by atoms with Crippen molar-refractivity contribution in [2.24, 2.45) is 11.8 Å². The van der Waals surface area contributed by atoms with E-state index in [1.54, 1.807) is 0 Å². The summed E-state index contributed by atoms with van der Waals surface area (Å²) in [6.07, 6.45) is 8.61. The molecule has 17 heavy (non-hydrogen) atoms. The Labute approximate surface area is 107 Å². The summed E-state index contributed by atoms with van der Waals surface area (Å²) in [7, 11) is 0. The van der Waals surface area contributed by atoms with Crippen LogP contribution in [0.1, 0.15) is 52.4 Å². The number of nitrogens with one attached hydrogen (secondary N) is 1. The molecule has 1 N–H and O–H groups in total. The van der Waals surface area contributed by atoms with Gasteiger partial charge in [0.1, 0.15) is 0 Å². The molecule has 0 bridgehead atoms. The van der Waals surface area contributed by atoms with Gasteiger partial charge in [-0.05, 0) is 50.7 Å². The van der Waals surface area contributed by atoms with Gasteiger partial charge in [0.05, 0.1) is 0 Å². The van der Waals surface area contributed by atoms with E-state index in [0.29, 0.717) is 0 Å². The van der Waals surface area contributed by atoms with Gasteiger partial charge in [-0.15, -0.1) is 0 Å². The molecule has 1 saturated heterocycles. The van der Waals surface area contributed by atoms with Crippen LogP contribution in [0.4, 0.5) is 0 Å². The first-order valence-corrected chi connectivity index (χ1v) is 7.70. The van der Waals surface area contributed by atoms with Crippen molar-refractivity contribution in [3.8, 4) is 0 Å². The molecule has 0 aromatic rings. The summed E-state index contributed by atoms with van der Waals surface area (Å²) in [5.41, 5.74) is 0. The molecule has 2 nitrogen and oxygen atoms in total. The highest BCUT2D eigenvalue weighted by atomic mass is 15.2. The van der Waals surface area contributed by atoms with E-state index in [2.05, 4.69) is 24.1 Å². The van der Waals surface area contributed by atoms with Crippen LogP contribution in [0.5, 0.6) is 0 Å². The maximum absolute atomic E-state index is 3.72. The minimum absolute atomic E-state index is 0.735. The zero-order chi connectivity index (χ0) is 12.1. The van der Waals surface area contributed by atoms with E-state index in [0.717, 1.165) is 17.9 Å². The molecule has 1 aliphatic carbocycles. The van der Waals surface area contributed by atoms with E-state index in [-0.39, 0.29) is 0 Å². The third-order valence-corrected chi connectivity index (χ3v) is 4.40. The molecule has 2 rings (SSSR count). The summed E-state index contributed by atoms with van der Waals surface area (Å²) in [6.45, 7) is 9.84. The largest absolute Gasteiger partial charge is 0.313 e. The Bertz CT molecular complexity index is 211. The van der Waals surface area contributed by atoms with E-state index in [1.165, 1.54) is 64.7 Å². The van der Waals surface area contributed by atoms with Crippen molar-refractivity contribution >= 4 is 0 Å². The summed E-state index contributed by atoms with van der Waals surface area (Å²) in [5, 5.41) is 3.72. The molecule has 2 heteroatoms. The molecule has 0 aromatic heterocycles. The van der Waals surface area contributed by atoms with Crippen LogP contribution in [0.3, 0.4) is 0 Å². The molecule has 0 radical (unpaired) electrons. The second-order valence-corrected chi connectivity index (χ2v) is 6.52. The highest BCUT2D eigenvalue weighted by molar-refractivity contribution is 4.79. The van der Waals surface area contributed by atoms with Crippen LogP contribution in [-0.2, 0) is 0 Å². The van der Waals surface area contributed by atoms with Crippen LogP contribution in [-0.4, -0.2) is 37.1 Å². The number of nitrogens with zero attached hydrogens (tertiary/aromatic N) is 1.